The highest BCUT2D eigenvalue weighted by atomic mass is 28.4. The van der Waals surface area contributed by atoms with Crippen molar-refractivity contribution in [3.05, 3.63) is 54.6 Å². The minimum Gasteiger partial charge on any atom is -0.414 e. The summed E-state index contributed by atoms with van der Waals surface area (Å²) in [6.07, 6.45) is 8.42. The van der Waals surface area contributed by atoms with Gasteiger partial charge in [-0.15, -0.1) is 6.58 Å². The van der Waals surface area contributed by atoms with E-state index in [9.17, 15) is 0 Å². The molecule has 0 N–H and O–H groups in total. The second-order valence-electron chi connectivity index (χ2n) is 8.19. The van der Waals surface area contributed by atoms with Gasteiger partial charge in [-0.25, -0.2) is 0 Å². The molecule has 2 nitrogen and oxygen atoms in total. The first-order chi connectivity index (χ1) is 11.2. The van der Waals surface area contributed by atoms with Gasteiger partial charge in [-0.05, 0) is 23.7 Å². The van der Waals surface area contributed by atoms with Gasteiger partial charge in [-0.2, -0.15) is 0 Å². The van der Waals surface area contributed by atoms with Gasteiger partial charge in [0.2, 0.25) is 0 Å². The van der Waals surface area contributed by atoms with Crippen molar-refractivity contribution < 1.29 is 9.16 Å². The van der Waals surface area contributed by atoms with Crippen molar-refractivity contribution in [3.63, 3.8) is 0 Å². The van der Waals surface area contributed by atoms with Crippen molar-refractivity contribution in [2.75, 3.05) is 0 Å². The van der Waals surface area contributed by atoms with Gasteiger partial charge in [0, 0.05) is 12.8 Å². The van der Waals surface area contributed by atoms with Crippen LogP contribution in [0.3, 0.4) is 0 Å². The Bertz CT molecular complexity index is 557. The standard InChI is InChI=1S/C21H32O2Si/c1-7-18-15-20(23-24(5,6)21(2,3)4)16-19(22-18)14-13-17-11-9-8-10-12-17/h7-14,18-20H,1,15-16H2,2-6H3/b14-13-/t18-,19+,20+/m0/s1. The maximum absolute atomic E-state index is 6.63. The minimum atomic E-state index is -1.77. The summed E-state index contributed by atoms with van der Waals surface area (Å²) in [6.45, 7) is 15.4. The van der Waals surface area contributed by atoms with E-state index < -0.39 is 8.32 Å². The molecule has 1 aromatic carbocycles. The van der Waals surface area contributed by atoms with Crippen molar-refractivity contribution in [1.29, 1.82) is 0 Å². The Hall–Kier alpha value is -1.16. The van der Waals surface area contributed by atoms with Gasteiger partial charge >= 0.3 is 0 Å². The van der Waals surface area contributed by atoms with Crippen LogP contribution < -0.4 is 0 Å². The van der Waals surface area contributed by atoms with Gasteiger partial charge < -0.3 is 9.16 Å². The van der Waals surface area contributed by atoms with Crippen molar-refractivity contribution in [1.82, 2.24) is 0 Å². The van der Waals surface area contributed by atoms with Gasteiger partial charge in [0.1, 0.15) is 0 Å². The number of benzene rings is 1. The predicted molar refractivity (Wildman–Crippen MR) is 106 cm³/mol. The fourth-order valence-electron chi connectivity index (χ4n) is 2.70. The van der Waals surface area contributed by atoms with E-state index in [1.807, 2.05) is 12.1 Å². The van der Waals surface area contributed by atoms with Crippen LogP contribution in [0.1, 0.15) is 39.2 Å². The smallest absolute Gasteiger partial charge is 0.192 e. The van der Waals surface area contributed by atoms with E-state index >= 15 is 0 Å². The summed E-state index contributed by atoms with van der Waals surface area (Å²) >= 11 is 0. The summed E-state index contributed by atoms with van der Waals surface area (Å²) in [5.41, 5.74) is 1.20. The van der Waals surface area contributed by atoms with Crippen molar-refractivity contribution >= 4 is 14.4 Å². The Morgan fingerprint density at radius 1 is 1.12 bits per heavy atom. The molecule has 0 radical (unpaired) electrons. The number of rotatable bonds is 5. The molecule has 0 saturated carbocycles. The molecule has 1 aromatic rings. The van der Waals surface area contributed by atoms with Crippen LogP contribution in [0.25, 0.3) is 6.08 Å². The Morgan fingerprint density at radius 2 is 1.75 bits per heavy atom. The van der Waals surface area contributed by atoms with E-state index in [1.54, 1.807) is 0 Å². The van der Waals surface area contributed by atoms with Crippen LogP contribution in [-0.4, -0.2) is 26.6 Å². The molecule has 1 aliphatic rings. The normalized spacial score (nSPS) is 25.8. The minimum absolute atomic E-state index is 0.0685. The molecule has 0 aliphatic carbocycles. The SMILES string of the molecule is C=C[C@H]1C[C@@H](O[Si](C)(C)C(C)(C)C)C[C@@H](/C=C\c2ccccc2)O1. The molecule has 1 saturated heterocycles. The van der Waals surface area contributed by atoms with Crippen LogP contribution in [-0.2, 0) is 9.16 Å². The van der Waals surface area contributed by atoms with E-state index in [1.165, 1.54) is 5.56 Å². The molecule has 3 heteroatoms. The molecule has 0 amide bonds. The molecule has 0 bridgehead atoms. The fourth-order valence-corrected chi connectivity index (χ4v) is 4.08. The van der Waals surface area contributed by atoms with Gasteiger partial charge in [-0.3, -0.25) is 0 Å². The van der Waals surface area contributed by atoms with Gasteiger partial charge in [0.05, 0.1) is 18.3 Å². The molecule has 0 aromatic heterocycles. The van der Waals surface area contributed by atoms with E-state index in [0.717, 1.165) is 12.8 Å². The monoisotopic (exact) mass is 344 g/mol. The van der Waals surface area contributed by atoms with E-state index in [2.05, 4.69) is 76.9 Å². The molecular formula is C21H32O2Si. The summed E-state index contributed by atoms with van der Waals surface area (Å²) in [4.78, 5) is 0. The average Bonchev–Trinajstić information content (AvgIpc) is 2.52. The van der Waals surface area contributed by atoms with Crippen LogP contribution in [0.4, 0.5) is 0 Å². The average molecular weight is 345 g/mol. The molecule has 2 rings (SSSR count). The molecule has 24 heavy (non-hydrogen) atoms. The third-order valence-corrected chi connectivity index (χ3v) is 9.71. The zero-order valence-electron chi connectivity index (χ0n) is 15.8. The number of ether oxygens (including phenoxy) is 1. The van der Waals surface area contributed by atoms with Crippen molar-refractivity contribution in [3.8, 4) is 0 Å². The zero-order valence-corrected chi connectivity index (χ0v) is 16.8. The lowest BCUT2D eigenvalue weighted by Crippen LogP contribution is -2.47. The van der Waals surface area contributed by atoms with Crippen LogP contribution in [0.2, 0.25) is 18.1 Å². The number of hydrogen-bond donors (Lipinski definition) is 0. The van der Waals surface area contributed by atoms with Crippen molar-refractivity contribution in [2.45, 2.75) is 70.1 Å². The predicted octanol–water partition coefficient (Wildman–Crippen LogP) is 5.82. The van der Waals surface area contributed by atoms with E-state index in [0.29, 0.717) is 0 Å². The largest absolute Gasteiger partial charge is 0.414 e. The molecule has 3 atom stereocenters. The Balaban J connectivity index is 2.06. The lowest BCUT2D eigenvalue weighted by atomic mass is 10.00. The van der Waals surface area contributed by atoms with E-state index in [4.69, 9.17) is 9.16 Å². The van der Waals surface area contributed by atoms with Crippen LogP contribution in [0.5, 0.6) is 0 Å². The van der Waals surface area contributed by atoms with Crippen LogP contribution >= 0.6 is 0 Å². The first-order valence-corrected chi connectivity index (χ1v) is 11.8. The fraction of sp³-hybridized carbons (Fsp3) is 0.524. The van der Waals surface area contributed by atoms with Gasteiger partial charge in [0.15, 0.2) is 8.32 Å². The topological polar surface area (TPSA) is 18.5 Å². The van der Waals surface area contributed by atoms with Gasteiger partial charge in [-0.1, -0.05) is 69.3 Å². The molecule has 1 heterocycles. The third-order valence-electron chi connectivity index (χ3n) is 5.17. The molecular weight excluding hydrogens is 312 g/mol. The first kappa shape index (κ1) is 19.2. The summed E-state index contributed by atoms with van der Waals surface area (Å²) in [6, 6.07) is 10.3. The molecule has 1 fully saturated rings. The highest BCUT2D eigenvalue weighted by Crippen LogP contribution is 2.39. The Kier molecular flexibility index (Phi) is 6.24. The molecule has 132 valence electrons. The lowest BCUT2D eigenvalue weighted by molar-refractivity contribution is -0.0501. The molecule has 1 aliphatic heterocycles. The third kappa shape index (κ3) is 5.17. The zero-order chi connectivity index (χ0) is 17.8. The highest BCUT2D eigenvalue weighted by Gasteiger charge is 2.40. The quantitative estimate of drug-likeness (QED) is 0.494. The molecule has 0 unspecified atom stereocenters. The van der Waals surface area contributed by atoms with E-state index in [-0.39, 0.29) is 23.4 Å². The lowest BCUT2D eigenvalue weighted by Gasteiger charge is -2.42. The number of hydrogen-bond acceptors (Lipinski definition) is 2. The maximum Gasteiger partial charge on any atom is 0.192 e. The second-order valence-corrected chi connectivity index (χ2v) is 12.9. The summed E-state index contributed by atoms with van der Waals surface area (Å²) in [5.74, 6) is 0. The summed E-state index contributed by atoms with van der Waals surface area (Å²) in [5, 5.41) is 0.227. The van der Waals surface area contributed by atoms with Crippen molar-refractivity contribution in [2.24, 2.45) is 0 Å². The molecule has 0 spiro atoms. The highest BCUT2D eigenvalue weighted by molar-refractivity contribution is 6.74. The van der Waals surface area contributed by atoms with Crippen LogP contribution in [0.15, 0.2) is 49.1 Å². The second kappa shape index (κ2) is 7.81. The Labute approximate surface area is 148 Å². The van der Waals surface area contributed by atoms with Crippen LogP contribution in [0, 0.1) is 0 Å². The summed E-state index contributed by atoms with van der Waals surface area (Å²) in [7, 11) is -1.77. The Morgan fingerprint density at radius 3 is 2.33 bits per heavy atom. The summed E-state index contributed by atoms with van der Waals surface area (Å²) < 4.78 is 12.8. The maximum atomic E-state index is 6.63. The van der Waals surface area contributed by atoms with Gasteiger partial charge in [0.25, 0.3) is 0 Å². The first-order valence-electron chi connectivity index (χ1n) is 8.90.